The van der Waals surface area contributed by atoms with Gasteiger partial charge in [-0.1, -0.05) is 36.4 Å². The second-order valence-corrected chi connectivity index (χ2v) is 5.26. The molecule has 100 valence electrons. The number of amides is 1. The van der Waals surface area contributed by atoms with E-state index in [0.717, 1.165) is 29.7 Å². The molecule has 2 heterocycles. The van der Waals surface area contributed by atoms with Crippen LogP contribution in [0.3, 0.4) is 0 Å². The van der Waals surface area contributed by atoms with E-state index in [2.05, 4.69) is 0 Å². The Hall–Kier alpha value is -2.13. The van der Waals surface area contributed by atoms with Gasteiger partial charge in [-0.2, -0.15) is 0 Å². The summed E-state index contributed by atoms with van der Waals surface area (Å²) in [4.78, 5) is 14.6. The number of anilines is 1. The van der Waals surface area contributed by atoms with E-state index in [1.165, 1.54) is 0 Å². The lowest BCUT2D eigenvalue weighted by Crippen LogP contribution is -2.43. The van der Waals surface area contributed by atoms with Gasteiger partial charge in [-0.15, -0.1) is 0 Å². The van der Waals surface area contributed by atoms with E-state index in [4.69, 9.17) is 4.74 Å². The van der Waals surface area contributed by atoms with Gasteiger partial charge >= 0.3 is 0 Å². The molecule has 1 fully saturated rings. The van der Waals surface area contributed by atoms with Crippen molar-refractivity contribution in [3.63, 3.8) is 0 Å². The second kappa shape index (κ2) is 4.18. The first-order chi connectivity index (χ1) is 9.83. The van der Waals surface area contributed by atoms with Crippen LogP contribution in [-0.2, 0) is 10.5 Å². The van der Waals surface area contributed by atoms with Crippen molar-refractivity contribution < 1.29 is 9.53 Å². The predicted octanol–water partition coefficient (Wildman–Crippen LogP) is 3.31. The molecule has 2 aromatic carbocycles. The molecule has 0 bridgehead atoms. The van der Waals surface area contributed by atoms with Crippen molar-refractivity contribution in [1.29, 1.82) is 0 Å². The van der Waals surface area contributed by atoms with E-state index in [0.29, 0.717) is 6.61 Å². The molecule has 0 radical (unpaired) electrons. The summed E-state index contributed by atoms with van der Waals surface area (Å²) in [5, 5.41) is 0. The normalized spacial score (nSPS) is 24.4. The van der Waals surface area contributed by atoms with Crippen molar-refractivity contribution in [2.24, 2.45) is 0 Å². The third-order valence-corrected chi connectivity index (χ3v) is 4.16. The van der Waals surface area contributed by atoms with E-state index in [9.17, 15) is 4.79 Å². The quantitative estimate of drug-likeness (QED) is 0.791. The molecule has 1 spiro atoms. The number of fused-ring (bicyclic) bond motifs is 2. The van der Waals surface area contributed by atoms with E-state index in [1.54, 1.807) is 0 Å². The monoisotopic (exact) mass is 265 g/mol. The molecule has 1 unspecified atom stereocenters. The molecule has 2 aromatic rings. The smallest absolute Gasteiger partial charge is 0.261 e. The van der Waals surface area contributed by atoms with Crippen molar-refractivity contribution in [2.45, 2.75) is 18.6 Å². The third-order valence-electron chi connectivity index (χ3n) is 4.16. The number of nitrogens with zero attached hydrogens (tertiary/aromatic N) is 1. The summed E-state index contributed by atoms with van der Waals surface area (Å²) in [7, 11) is 0. The highest BCUT2D eigenvalue weighted by Gasteiger charge is 2.53. The Bertz CT molecular complexity index is 660. The molecule has 2 aliphatic rings. The van der Waals surface area contributed by atoms with Crippen LogP contribution in [0.15, 0.2) is 54.6 Å². The number of benzene rings is 2. The van der Waals surface area contributed by atoms with Gasteiger partial charge in [0.25, 0.3) is 5.91 Å². The lowest BCUT2D eigenvalue weighted by molar-refractivity contribution is 0.00597. The molecular formula is C17H15NO2. The lowest BCUT2D eigenvalue weighted by Gasteiger charge is -2.34. The predicted molar refractivity (Wildman–Crippen MR) is 76.6 cm³/mol. The van der Waals surface area contributed by atoms with Gasteiger partial charge in [0, 0.05) is 23.2 Å². The van der Waals surface area contributed by atoms with Crippen LogP contribution in [0.5, 0.6) is 0 Å². The van der Waals surface area contributed by atoms with Crippen LogP contribution in [0, 0.1) is 0 Å². The Balaban J connectivity index is 1.94. The van der Waals surface area contributed by atoms with Gasteiger partial charge < -0.3 is 4.74 Å². The molecule has 0 N–H and O–H groups in total. The Morgan fingerprint density at radius 2 is 1.75 bits per heavy atom. The number of ether oxygens (including phenoxy) is 1. The zero-order valence-corrected chi connectivity index (χ0v) is 11.1. The molecule has 3 nitrogen and oxygen atoms in total. The first-order valence-electron chi connectivity index (χ1n) is 6.96. The Labute approximate surface area is 117 Å². The van der Waals surface area contributed by atoms with Gasteiger partial charge in [0.1, 0.15) is 0 Å². The first kappa shape index (κ1) is 11.7. The van der Waals surface area contributed by atoms with Gasteiger partial charge in [0.05, 0.1) is 6.61 Å². The van der Waals surface area contributed by atoms with Gasteiger partial charge in [-0.25, -0.2) is 0 Å². The largest absolute Gasteiger partial charge is 0.351 e. The maximum atomic E-state index is 12.8. The molecule has 4 rings (SSSR count). The minimum atomic E-state index is -0.602. The fraction of sp³-hybridized carbons (Fsp3) is 0.235. The van der Waals surface area contributed by atoms with Crippen LogP contribution in [0.4, 0.5) is 5.69 Å². The maximum absolute atomic E-state index is 12.8. The molecule has 1 amide bonds. The minimum absolute atomic E-state index is 0.0358. The average molecular weight is 265 g/mol. The fourth-order valence-electron chi connectivity index (χ4n) is 3.33. The van der Waals surface area contributed by atoms with Gasteiger partial charge in [0.15, 0.2) is 5.72 Å². The Kier molecular flexibility index (Phi) is 2.44. The second-order valence-electron chi connectivity index (χ2n) is 5.26. The summed E-state index contributed by atoms with van der Waals surface area (Å²) < 4.78 is 6.07. The van der Waals surface area contributed by atoms with Crippen LogP contribution in [-0.4, -0.2) is 12.5 Å². The van der Waals surface area contributed by atoms with Gasteiger partial charge in [-0.3, -0.25) is 9.69 Å². The molecule has 1 atom stereocenters. The van der Waals surface area contributed by atoms with Crippen molar-refractivity contribution >= 4 is 11.6 Å². The van der Waals surface area contributed by atoms with Crippen molar-refractivity contribution in [3.8, 4) is 0 Å². The number of rotatable bonds is 1. The summed E-state index contributed by atoms with van der Waals surface area (Å²) in [5.41, 5.74) is 2.06. The standard InChI is InChI=1S/C17H15NO2/c19-16-14-9-4-5-10-15(14)17(11-6-12-20-17)18(16)13-7-2-1-3-8-13/h1-5,7-10H,6,11-12H2. The van der Waals surface area contributed by atoms with Crippen LogP contribution in [0.2, 0.25) is 0 Å². The molecule has 0 aliphatic carbocycles. The third kappa shape index (κ3) is 1.41. The molecule has 3 heteroatoms. The van der Waals surface area contributed by atoms with E-state index in [1.807, 2.05) is 59.5 Å². The molecule has 1 saturated heterocycles. The fourth-order valence-corrected chi connectivity index (χ4v) is 3.33. The molecule has 0 saturated carbocycles. The topological polar surface area (TPSA) is 29.5 Å². The Morgan fingerprint density at radius 1 is 1.00 bits per heavy atom. The highest BCUT2D eigenvalue weighted by molar-refractivity contribution is 6.11. The highest BCUT2D eigenvalue weighted by Crippen LogP contribution is 2.48. The Morgan fingerprint density at radius 3 is 2.50 bits per heavy atom. The average Bonchev–Trinajstić information content (AvgIpc) is 3.07. The summed E-state index contributed by atoms with van der Waals surface area (Å²) in [6, 6.07) is 17.6. The van der Waals surface area contributed by atoms with E-state index >= 15 is 0 Å². The van der Waals surface area contributed by atoms with Crippen molar-refractivity contribution in [3.05, 3.63) is 65.7 Å². The number of hydrogen-bond donors (Lipinski definition) is 0. The lowest BCUT2D eigenvalue weighted by atomic mass is 9.98. The van der Waals surface area contributed by atoms with Crippen LogP contribution in [0.25, 0.3) is 0 Å². The number of hydrogen-bond acceptors (Lipinski definition) is 2. The summed E-state index contributed by atoms with van der Waals surface area (Å²) in [6.45, 7) is 0.699. The molecular weight excluding hydrogens is 250 g/mol. The zero-order chi connectivity index (χ0) is 13.6. The number of carbonyl (C=O) groups is 1. The highest BCUT2D eigenvalue weighted by atomic mass is 16.5. The number of carbonyl (C=O) groups excluding carboxylic acids is 1. The maximum Gasteiger partial charge on any atom is 0.261 e. The van der Waals surface area contributed by atoms with E-state index < -0.39 is 5.72 Å². The van der Waals surface area contributed by atoms with E-state index in [-0.39, 0.29) is 5.91 Å². The zero-order valence-electron chi connectivity index (χ0n) is 11.1. The molecule has 2 aliphatic heterocycles. The van der Waals surface area contributed by atoms with Crippen LogP contribution >= 0.6 is 0 Å². The van der Waals surface area contributed by atoms with Crippen LogP contribution < -0.4 is 4.90 Å². The molecule has 0 aromatic heterocycles. The summed E-state index contributed by atoms with van der Waals surface area (Å²) in [5.74, 6) is 0.0358. The van der Waals surface area contributed by atoms with Crippen LogP contribution in [0.1, 0.15) is 28.8 Å². The van der Waals surface area contributed by atoms with Crippen molar-refractivity contribution in [2.75, 3.05) is 11.5 Å². The molecule has 20 heavy (non-hydrogen) atoms. The summed E-state index contributed by atoms with van der Waals surface area (Å²) in [6.07, 6.45) is 1.83. The van der Waals surface area contributed by atoms with Crippen molar-refractivity contribution in [1.82, 2.24) is 0 Å². The first-order valence-corrected chi connectivity index (χ1v) is 6.96. The van der Waals surface area contributed by atoms with Gasteiger partial charge in [-0.05, 0) is 24.6 Å². The van der Waals surface area contributed by atoms with Gasteiger partial charge in [0.2, 0.25) is 0 Å². The number of para-hydroxylation sites is 1. The summed E-state index contributed by atoms with van der Waals surface area (Å²) >= 11 is 0. The minimum Gasteiger partial charge on any atom is -0.351 e. The SMILES string of the molecule is O=C1c2ccccc2C2(CCCO2)N1c1ccccc1.